The van der Waals surface area contributed by atoms with Gasteiger partial charge in [0.15, 0.2) is 0 Å². The van der Waals surface area contributed by atoms with E-state index in [-0.39, 0.29) is 5.91 Å². The molecule has 4 heteroatoms. The summed E-state index contributed by atoms with van der Waals surface area (Å²) in [6.07, 6.45) is 3.86. The minimum absolute atomic E-state index is 0.160. The maximum Gasteiger partial charge on any atom is 0.242 e. The molecule has 1 N–H and O–H groups in total. The largest absolute Gasteiger partial charge is 0.371 e. The van der Waals surface area contributed by atoms with E-state index >= 15 is 0 Å². The van der Waals surface area contributed by atoms with Crippen molar-refractivity contribution in [1.29, 1.82) is 0 Å². The van der Waals surface area contributed by atoms with E-state index in [1.54, 1.807) is 6.92 Å². The number of nitrogens with zero attached hydrogens (tertiary/aromatic N) is 1. The van der Waals surface area contributed by atoms with Crippen LogP contribution in [-0.4, -0.2) is 24.4 Å². The first-order valence-corrected chi connectivity index (χ1v) is 7.32. The fourth-order valence-corrected chi connectivity index (χ4v) is 2.52. The van der Waals surface area contributed by atoms with Gasteiger partial charge in [-0.1, -0.05) is 0 Å². The lowest BCUT2D eigenvalue weighted by Gasteiger charge is -2.30. The fourth-order valence-electron chi connectivity index (χ4n) is 2.46. The maximum atomic E-state index is 11.6. The summed E-state index contributed by atoms with van der Waals surface area (Å²) in [5, 5.41) is 2.31. The highest BCUT2D eigenvalue weighted by molar-refractivity contribution is 6.32. The van der Waals surface area contributed by atoms with E-state index in [2.05, 4.69) is 23.2 Å². The molecule has 1 amide bonds. The van der Waals surface area contributed by atoms with E-state index in [1.807, 2.05) is 12.1 Å². The first kappa shape index (κ1) is 14.2. The van der Waals surface area contributed by atoms with Gasteiger partial charge in [0.1, 0.15) is 5.38 Å². The summed E-state index contributed by atoms with van der Waals surface area (Å²) in [6, 6.07) is 6.06. The molecule has 0 aromatic heterocycles. The van der Waals surface area contributed by atoms with Gasteiger partial charge in [-0.3, -0.25) is 4.79 Å². The van der Waals surface area contributed by atoms with Crippen molar-refractivity contribution < 1.29 is 4.79 Å². The SMILES string of the molecule is Cc1cc(NC(=O)[C@H](C)Cl)ccc1N1CCCCC1. The van der Waals surface area contributed by atoms with Gasteiger partial charge in [-0.05, 0) is 56.9 Å². The smallest absolute Gasteiger partial charge is 0.242 e. The molecule has 2 rings (SSSR count). The van der Waals surface area contributed by atoms with Gasteiger partial charge in [-0.2, -0.15) is 0 Å². The number of carbonyl (C=O) groups excluding carboxylic acids is 1. The van der Waals surface area contributed by atoms with E-state index in [4.69, 9.17) is 11.6 Å². The van der Waals surface area contributed by atoms with Crippen molar-refractivity contribution in [2.45, 2.75) is 38.5 Å². The Hall–Kier alpha value is -1.22. The number of hydrogen-bond donors (Lipinski definition) is 1. The summed E-state index contributed by atoms with van der Waals surface area (Å²) in [6.45, 7) is 6.02. The predicted molar refractivity (Wildman–Crippen MR) is 81.2 cm³/mol. The molecule has 1 aliphatic rings. The molecule has 0 bridgehead atoms. The molecule has 0 saturated carbocycles. The standard InChI is InChI=1S/C15H21ClN2O/c1-11-10-13(17-15(19)12(2)16)6-7-14(11)18-8-4-3-5-9-18/h6-7,10,12H,3-5,8-9H2,1-2H3,(H,17,19)/t12-/m0/s1. The third-order valence-corrected chi connectivity index (χ3v) is 3.72. The highest BCUT2D eigenvalue weighted by Gasteiger charge is 2.14. The van der Waals surface area contributed by atoms with Crippen molar-refractivity contribution >= 4 is 28.9 Å². The Morgan fingerprint density at radius 1 is 1.32 bits per heavy atom. The van der Waals surface area contributed by atoms with Crippen LogP contribution in [0.5, 0.6) is 0 Å². The lowest BCUT2D eigenvalue weighted by molar-refractivity contribution is -0.115. The van der Waals surface area contributed by atoms with Crippen molar-refractivity contribution in [3.05, 3.63) is 23.8 Å². The van der Waals surface area contributed by atoms with Crippen LogP contribution in [0.3, 0.4) is 0 Å². The molecule has 19 heavy (non-hydrogen) atoms. The first-order valence-electron chi connectivity index (χ1n) is 6.88. The molecular weight excluding hydrogens is 260 g/mol. The average Bonchev–Trinajstić information content (AvgIpc) is 2.39. The number of amides is 1. The Bertz CT molecular complexity index is 453. The second-order valence-electron chi connectivity index (χ2n) is 5.15. The van der Waals surface area contributed by atoms with Crippen LogP contribution in [-0.2, 0) is 4.79 Å². The summed E-state index contributed by atoms with van der Waals surface area (Å²) >= 11 is 5.75. The minimum atomic E-state index is -0.512. The summed E-state index contributed by atoms with van der Waals surface area (Å²) in [5.41, 5.74) is 3.29. The van der Waals surface area contributed by atoms with Gasteiger partial charge in [-0.15, -0.1) is 11.6 Å². The summed E-state index contributed by atoms with van der Waals surface area (Å²) in [5.74, 6) is -0.160. The highest BCUT2D eigenvalue weighted by atomic mass is 35.5. The molecule has 104 valence electrons. The number of halogens is 1. The number of carbonyl (C=O) groups is 1. The zero-order valence-corrected chi connectivity index (χ0v) is 12.3. The van der Waals surface area contributed by atoms with E-state index in [9.17, 15) is 4.79 Å². The average molecular weight is 281 g/mol. The summed E-state index contributed by atoms with van der Waals surface area (Å²) < 4.78 is 0. The normalized spacial score (nSPS) is 17.1. The summed E-state index contributed by atoms with van der Waals surface area (Å²) in [4.78, 5) is 14.0. The number of nitrogens with one attached hydrogen (secondary N) is 1. The second kappa shape index (κ2) is 6.29. The van der Waals surface area contributed by atoms with Crippen molar-refractivity contribution in [2.75, 3.05) is 23.3 Å². The zero-order chi connectivity index (χ0) is 13.8. The van der Waals surface area contributed by atoms with Gasteiger partial charge >= 0.3 is 0 Å². The Labute approximate surface area is 119 Å². The molecule has 0 spiro atoms. The Morgan fingerprint density at radius 2 is 2.00 bits per heavy atom. The lowest BCUT2D eigenvalue weighted by Crippen LogP contribution is -2.30. The number of hydrogen-bond acceptors (Lipinski definition) is 2. The number of alkyl halides is 1. The first-order chi connectivity index (χ1) is 9.08. The topological polar surface area (TPSA) is 32.3 Å². The Kier molecular flexibility index (Phi) is 4.70. The van der Waals surface area contributed by atoms with Crippen LogP contribution in [0.4, 0.5) is 11.4 Å². The Morgan fingerprint density at radius 3 is 2.58 bits per heavy atom. The molecule has 1 saturated heterocycles. The molecule has 1 atom stereocenters. The van der Waals surface area contributed by atoms with Gasteiger partial charge in [0.05, 0.1) is 0 Å². The second-order valence-corrected chi connectivity index (χ2v) is 5.81. The van der Waals surface area contributed by atoms with Crippen LogP contribution in [0, 0.1) is 6.92 Å². The van der Waals surface area contributed by atoms with Crippen LogP contribution >= 0.6 is 11.6 Å². The quantitative estimate of drug-likeness (QED) is 0.859. The zero-order valence-electron chi connectivity index (χ0n) is 11.6. The van der Waals surface area contributed by atoms with Gasteiger partial charge in [0.2, 0.25) is 5.91 Å². The van der Waals surface area contributed by atoms with Crippen LogP contribution in [0.25, 0.3) is 0 Å². The molecule has 1 aliphatic heterocycles. The molecule has 0 unspecified atom stereocenters. The minimum Gasteiger partial charge on any atom is -0.371 e. The van der Waals surface area contributed by atoms with E-state index < -0.39 is 5.38 Å². The van der Waals surface area contributed by atoms with Gasteiger partial charge in [0, 0.05) is 24.5 Å². The third kappa shape index (κ3) is 3.63. The van der Waals surface area contributed by atoms with Gasteiger partial charge in [-0.25, -0.2) is 0 Å². The number of benzene rings is 1. The van der Waals surface area contributed by atoms with Crippen LogP contribution in [0.2, 0.25) is 0 Å². The van der Waals surface area contributed by atoms with Crippen molar-refractivity contribution in [3.8, 4) is 0 Å². The number of rotatable bonds is 3. The number of aryl methyl sites for hydroxylation is 1. The molecular formula is C15H21ClN2O. The fraction of sp³-hybridized carbons (Fsp3) is 0.533. The number of piperidine rings is 1. The van der Waals surface area contributed by atoms with Crippen molar-refractivity contribution in [1.82, 2.24) is 0 Å². The lowest BCUT2D eigenvalue weighted by atomic mass is 10.1. The monoisotopic (exact) mass is 280 g/mol. The van der Waals surface area contributed by atoms with Crippen molar-refractivity contribution in [2.24, 2.45) is 0 Å². The van der Waals surface area contributed by atoms with E-state index in [0.717, 1.165) is 18.8 Å². The molecule has 0 radical (unpaired) electrons. The number of anilines is 2. The van der Waals surface area contributed by atoms with Crippen molar-refractivity contribution in [3.63, 3.8) is 0 Å². The molecule has 1 fully saturated rings. The third-order valence-electron chi connectivity index (χ3n) is 3.52. The molecule has 1 aromatic rings. The van der Waals surface area contributed by atoms with E-state index in [0.29, 0.717) is 0 Å². The maximum absolute atomic E-state index is 11.6. The molecule has 3 nitrogen and oxygen atoms in total. The van der Waals surface area contributed by atoms with E-state index in [1.165, 1.54) is 30.5 Å². The van der Waals surface area contributed by atoms with Gasteiger partial charge in [0.25, 0.3) is 0 Å². The molecule has 1 aromatic carbocycles. The predicted octanol–water partition coefficient (Wildman–Crippen LogP) is 3.55. The highest BCUT2D eigenvalue weighted by Crippen LogP contribution is 2.26. The van der Waals surface area contributed by atoms with Crippen LogP contribution in [0.1, 0.15) is 31.7 Å². The van der Waals surface area contributed by atoms with Gasteiger partial charge < -0.3 is 10.2 Å². The molecule has 0 aliphatic carbocycles. The van der Waals surface area contributed by atoms with Crippen LogP contribution < -0.4 is 10.2 Å². The molecule has 1 heterocycles. The van der Waals surface area contributed by atoms with Crippen LogP contribution in [0.15, 0.2) is 18.2 Å². The summed E-state index contributed by atoms with van der Waals surface area (Å²) in [7, 11) is 0. The Balaban J connectivity index is 2.10.